The molecule has 0 bridgehead atoms. The number of halogens is 1. The molecular weight excluding hydrogens is 446 g/mol. The van der Waals surface area contributed by atoms with Gasteiger partial charge in [0.05, 0.1) is 10.6 Å². The van der Waals surface area contributed by atoms with E-state index in [1.54, 1.807) is 24.3 Å². The van der Waals surface area contributed by atoms with E-state index in [9.17, 15) is 9.59 Å². The van der Waals surface area contributed by atoms with E-state index < -0.39 is 0 Å². The third-order valence-corrected chi connectivity index (χ3v) is 6.50. The van der Waals surface area contributed by atoms with Crippen LogP contribution < -0.4 is 10.2 Å². The average Bonchev–Trinajstić information content (AvgIpc) is 2.89. The molecule has 1 aliphatic rings. The first-order chi connectivity index (χ1) is 16.6. The van der Waals surface area contributed by atoms with Crippen molar-refractivity contribution in [2.45, 2.75) is 0 Å². The highest BCUT2D eigenvalue weighted by molar-refractivity contribution is 6.34. The van der Waals surface area contributed by atoms with Gasteiger partial charge in [0.25, 0.3) is 11.8 Å². The van der Waals surface area contributed by atoms with Gasteiger partial charge in [0.15, 0.2) is 0 Å². The molecule has 0 saturated carbocycles. The maximum absolute atomic E-state index is 13.0. The third-order valence-electron chi connectivity index (χ3n) is 6.17. The molecule has 4 aromatic rings. The van der Waals surface area contributed by atoms with Crippen LogP contribution in [0.2, 0.25) is 5.02 Å². The van der Waals surface area contributed by atoms with Crippen LogP contribution in [0.5, 0.6) is 0 Å². The van der Waals surface area contributed by atoms with Crippen molar-refractivity contribution in [2.75, 3.05) is 36.4 Å². The first-order valence-corrected chi connectivity index (χ1v) is 11.7. The predicted molar refractivity (Wildman–Crippen MR) is 138 cm³/mol. The van der Waals surface area contributed by atoms with Crippen molar-refractivity contribution in [2.24, 2.45) is 0 Å². The van der Waals surface area contributed by atoms with Crippen LogP contribution in [0.15, 0.2) is 91.0 Å². The van der Waals surface area contributed by atoms with Crippen LogP contribution in [0.1, 0.15) is 20.7 Å². The molecule has 0 spiro atoms. The molecule has 1 heterocycles. The van der Waals surface area contributed by atoms with Crippen molar-refractivity contribution in [3.8, 4) is 0 Å². The van der Waals surface area contributed by atoms with Crippen LogP contribution in [0, 0.1) is 0 Å². The Morgan fingerprint density at radius 2 is 1.41 bits per heavy atom. The first-order valence-electron chi connectivity index (χ1n) is 11.3. The van der Waals surface area contributed by atoms with Gasteiger partial charge in [0.2, 0.25) is 0 Å². The summed E-state index contributed by atoms with van der Waals surface area (Å²) in [5.41, 5.74) is 2.94. The Labute approximate surface area is 203 Å². The molecule has 1 aliphatic heterocycles. The Morgan fingerprint density at radius 1 is 0.735 bits per heavy atom. The molecule has 0 unspecified atom stereocenters. The molecule has 2 amide bonds. The van der Waals surface area contributed by atoms with Gasteiger partial charge < -0.3 is 15.1 Å². The zero-order valence-electron chi connectivity index (χ0n) is 18.6. The second-order valence-corrected chi connectivity index (χ2v) is 8.73. The van der Waals surface area contributed by atoms with Gasteiger partial charge in [-0.1, -0.05) is 54.1 Å². The molecule has 5 nitrogen and oxygen atoms in total. The normalized spacial score (nSPS) is 13.7. The first kappa shape index (κ1) is 22.0. The van der Waals surface area contributed by atoms with E-state index in [1.165, 1.54) is 0 Å². The Hall–Kier alpha value is -3.83. The fourth-order valence-electron chi connectivity index (χ4n) is 4.27. The highest BCUT2D eigenvalue weighted by atomic mass is 35.5. The molecular formula is C28H24ClN3O2. The van der Waals surface area contributed by atoms with Gasteiger partial charge in [-0.05, 0) is 59.3 Å². The van der Waals surface area contributed by atoms with Crippen molar-refractivity contribution in [3.05, 3.63) is 107 Å². The van der Waals surface area contributed by atoms with E-state index in [0.717, 1.165) is 35.1 Å². The molecule has 0 aliphatic carbocycles. The lowest BCUT2D eigenvalue weighted by molar-refractivity contribution is 0.0746. The van der Waals surface area contributed by atoms with Crippen molar-refractivity contribution >= 4 is 45.6 Å². The molecule has 34 heavy (non-hydrogen) atoms. The second kappa shape index (κ2) is 9.57. The summed E-state index contributed by atoms with van der Waals surface area (Å²) in [4.78, 5) is 29.7. The summed E-state index contributed by atoms with van der Waals surface area (Å²) in [6.45, 7) is 2.84. The summed E-state index contributed by atoms with van der Waals surface area (Å²) in [5, 5.41) is 5.52. The van der Waals surface area contributed by atoms with E-state index in [4.69, 9.17) is 11.6 Å². The maximum Gasteiger partial charge on any atom is 0.257 e. The maximum atomic E-state index is 13.0. The molecule has 0 radical (unpaired) electrons. The van der Waals surface area contributed by atoms with E-state index in [0.29, 0.717) is 29.4 Å². The van der Waals surface area contributed by atoms with Crippen molar-refractivity contribution in [1.82, 2.24) is 4.90 Å². The molecule has 1 saturated heterocycles. The highest BCUT2D eigenvalue weighted by Crippen LogP contribution is 2.23. The highest BCUT2D eigenvalue weighted by Gasteiger charge is 2.22. The summed E-state index contributed by atoms with van der Waals surface area (Å²) >= 11 is 6.12. The average molecular weight is 470 g/mol. The summed E-state index contributed by atoms with van der Waals surface area (Å²) < 4.78 is 0. The van der Waals surface area contributed by atoms with Crippen LogP contribution in [0.3, 0.4) is 0 Å². The summed E-state index contributed by atoms with van der Waals surface area (Å²) in [6.07, 6.45) is 0. The zero-order chi connectivity index (χ0) is 23.5. The smallest absolute Gasteiger partial charge is 0.257 e. The molecule has 5 rings (SSSR count). The van der Waals surface area contributed by atoms with Crippen LogP contribution in [0.4, 0.5) is 11.4 Å². The number of carbonyl (C=O) groups excluding carboxylic acids is 2. The second-order valence-electron chi connectivity index (χ2n) is 8.32. The summed E-state index contributed by atoms with van der Waals surface area (Å²) in [5.74, 6) is -0.165. The van der Waals surface area contributed by atoms with Gasteiger partial charge in [0, 0.05) is 43.1 Å². The van der Waals surface area contributed by atoms with Crippen molar-refractivity contribution in [3.63, 3.8) is 0 Å². The van der Waals surface area contributed by atoms with Gasteiger partial charge in [-0.3, -0.25) is 9.59 Å². The lowest BCUT2D eigenvalue weighted by atomic mass is 10.1. The van der Waals surface area contributed by atoms with Gasteiger partial charge >= 0.3 is 0 Å². The Kier molecular flexibility index (Phi) is 6.19. The fraction of sp³-hybridized carbons (Fsp3) is 0.143. The number of hydrogen-bond acceptors (Lipinski definition) is 3. The minimum Gasteiger partial charge on any atom is -0.368 e. The van der Waals surface area contributed by atoms with Crippen LogP contribution >= 0.6 is 11.6 Å². The minimum atomic E-state index is -0.237. The van der Waals surface area contributed by atoms with Gasteiger partial charge in [-0.2, -0.15) is 0 Å². The zero-order valence-corrected chi connectivity index (χ0v) is 19.3. The topological polar surface area (TPSA) is 52.7 Å². The number of amides is 2. The number of nitrogens with zero attached hydrogens (tertiary/aromatic N) is 2. The lowest BCUT2D eigenvalue weighted by Crippen LogP contribution is -2.48. The summed E-state index contributed by atoms with van der Waals surface area (Å²) in [6, 6.07) is 28.7. The quantitative estimate of drug-likeness (QED) is 0.416. The Balaban J connectivity index is 1.19. The molecule has 1 fully saturated rings. The van der Waals surface area contributed by atoms with Crippen LogP contribution in [0.25, 0.3) is 10.8 Å². The largest absolute Gasteiger partial charge is 0.368 e. The van der Waals surface area contributed by atoms with E-state index in [2.05, 4.69) is 16.3 Å². The van der Waals surface area contributed by atoms with E-state index >= 15 is 0 Å². The number of carbonyl (C=O) groups is 2. The summed E-state index contributed by atoms with van der Waals surface area (Å²) in [7, 11) is 0. The third kappa shape index (κ3) is 4.61. The molecule has 4 aromatic carbocycles. The SMILES string of the molecule is O=C(Nc1ccc(N2CCN(C(=O)c3ccc4ccccc4c3)CC2)cc1)c1ccccc1Cl. The monoisotopic (exact) mass is 469 g/mol. The Morgan fingerprint density at radius 3 is 2.15 bits per heavy atom. The van der Waals surface area contributed by atoms with Crippen molar-refractivity contribution < 1.29 is 9.59 Å². The number of hydrogen-bond donors (Lipinski definition) is 1. The number of benzene rings is 4. The number of fused-ring (bicyclic) bond motifs is 1. The Bertz CT molecular complexity index is 1350. The molecule has 6 heteroatoms. The number of piperazine rings is 1. The van der Waals surface area contributed by atoms with E-state index in [-0.39, 0.29) is 11.8 Å². The standard InChI is InChI=1S/C28H24ClN3O2/c29-26-8-4-3-7-25(26)27(33)30-23-11-13-24(14-12-23)31-15-17-32(18-16-31)28(34)22-10-9-20-5-1-2-6-21(20)19-22/h1-14,19H,15-18H2,(H,30,33). The molecule has 1 N–H and O–H groups in total. The van der Waals surface area contributed by atoms with Gasteiger partial charge in [-0.25, -0.2) is 0 Å². The minimum absolute atomic E-state index is 0.0723. The van der Waals surface area contributed by atoms with Crippen LogP contribution in [-0.2, 0) is 0 Å². The number of rotatable bonds is 4. The lowest BCUT2D eigenvalue weighted by Gasteiger charge is -2.36. The number of nitrogens with one attached hydrogen (secondary N) is 1. The molecule has 0 atom stereocenters. The number of anilines is 2. The predicted octanol–water partition coefficient (Wildman–Crippen LogP) is 5.71. The van der Waals surface area contributed by atoms with E-state index in [1.807, 2.05) is 65.6 Å². The van der Waals surface area contributed by atoms with Crippen LogP contribution in [-0.4, -0.2) is 42.9 Å². The van der Waals surface area contributed by atoms with Gasteiger partial charge in [-0.15, -0.1) is 0 Å². The fourth-order valence-corrected chi connectivity index (χ4v) is 4.49. The van der Waals surface area contributed by atoms with Gasteiger partial charge in [0.1, 0.15) is 0 Å². The molecule has 0 aromatic heterocycles. The van der Waals surface area contributed by atoms with Crippen molar-refractivity contribution in [1.29, 1.82) is 0 Å². The molecule has 170 valence electrons.